The molecule has 0 aliphatic heterocycles. The predicted octanol–water partition coefficient (Wildman–Crippen LogP) is 2.57. The molecule has 1 heterocycles. The van der Waals surface area contributed by atoms with Gasteiger partial charge in [0.25, 0.3) is 0 Å². The molecule has 1 rings (SSSR count). The molecule has 0 aromatic carbocycles. The molecule has 0 atom stereocenters. The van der Waals surface area contributed by atoms with Crippen molar-refractivity contribution in [3.05, 3.63) is 23.9 Å². The van der Waals surface area contributed by atoms with Crippen LogP contribution in [0, 0.1) is 5.41 Å². The summed E-state index contributed by atoms with van der Waals surface area (Å²) >= 11 is 0. The number of carbonyl (C=O) groups is 1. The molecule has 1 amide bonds. The van der Waals surface area contributed by atoms with Gasteiger partial charge in [0, 0.05) is 24.2 Å². The molecule has 4 nitrogen and oxygen atoms in total. The Labute approximate surface area is 115 Å². The first kappa shape index (κ1) is 15.5. The number of aromatic nitrogens is 1. The zero-order valence-corrected chi connectivity index (χ0v) is 12.5. The number of hydrogen-bond donors (Lipinski definition) is 1. The molecule has 19 heavy (non-hydrogen) atoms. The first-order chi connectivity index (χ1) is 8.85. The maximum absolute atomic E-state index is 11.9. The number of rotatable bonds is 6. The Morgan fingerprint density at radius 3 is 2.58 bits per heavy atom. The van der Waals surface area contributed by atoms with Crippen molar-refractivity contribution < 1.29 is 9.53 Å². The average Bonchev–Trinajstić information content (AvgIpc) is 2.31. The number of pyridine rings is 1. The van der Waals surface area contributed by atoms with Crippen molar-refractivity contribution in [2.75, 3.05) is 6.54 Å². The minimum atomic E-state index is -0.432. The van der Waals surface area contributed by atoms with Crippen LogP contribution < -0.4 is 10.1 Å². The van der Waals surface area contributed by atoms with Crippen molar-refractivity contribution in [2.45, 2.75) is 47.1 Å². The maximum Gasteiger partial charge on any atom is 0.225 e. The summed E-state index contributed by atoms with van der Waals surface area (Å²) in [5.41, 5.74) is 0.602. The van der Waals surface area contributed by atoms with Crippen LogP contribution in [0.15, 0.2) is 18.3 Å². The van der Waals surface area contributed by atoms with Gasteiger partial charge in [-0.1, -0.05) is 19.9 Å². The number of nitrogens with zero attached hydrogens (tertiary/aromatic N) is 1. The highest BCUT2D eigenvalue weighted by Crippen LogP contribution is 2.22. The second kappa shape index (κ2) is 6.55. The second-order valence-corrected chi connectivity index (χ2v) is 5.59. The minimum absolute atomic E-state index is 0.0671. The summed E-state index contributed by atoms with van der Waals surface area (Å²) in [6, 6.07) is 3.81. The quantitative estimate of drug-likeness (QED) is 0.859. The Morgan fingerprint density at radius 1 is 1.42 bits per heavy atom. The van der Waals surface area contributed by atoms with Crippen LogP contribution in [0.2, 0.25) is 0 Å². The van der Waals surface area contributed by atoms with Gasteiger partial charge in [-0.05, 0) is 32.8 Å². The number of nitrogens with one attached hydrogen (secondary N) is 1. The van der Waals surface area contributed by atoms with E-state index in [-0.39, 0.29) is 12.0 Å². The Balaban J connectivity index is 2.69. The Morgan fingerprint density at radius 2 is 2.11 bits per heavy atom. The van der Waals surface area contributed by atoms with Crippen LogP contribution in [-0.4, -0.2) is 23.5 Å². The molecule has 0 saturated heterocycles. The third kappa shape index (κ3) is 4.89. The average molecular weight is 264 g/mol. The van der Waals surface area contributed by atoms with Gasteiger partial charge in [0.15, 0.2) is 0 Å². The number of ether oxygens (including phenoxy) is 1. The van der Waals surface area contributed by atoms with E-state index < -0.39 is 5.41 Å². The first-order valence-corrected chi connectivity index (χ1v) is 6.75. The van der Waals surface area contributed by atoms with Crippen LogP contribution in [0.5, 0.6) is 5.88 Å². The van der Waals surface area contributed by atoms with Crippen LogP contribution in [-0.2, 0) is 11.2 Å². The highest BCUT2D eigenvalue weighted by atomic mass is 16.5. The van der Waals surface area contributed by atoms with E-state index in [9.17, 15) is 4.79 Å². The van der Waals surface area contributed by atoms with Gasteiger partial charge in [0.2, 0.25) is 11.8 Å². The lowest BCUT2D eigenvalue weighted by molar-refractivity contribution is -0.129. The zero-order chi connectivity index (χ0) is 14.5. The van der Waals surface area contributed by atoms with Gasteiger partial charge in [-0.25, -0.2) is 4.98 Å². The van der Waals surface area contributed by atoms with Gasteiger partial charge in [0.05, 0.1) is 6.10 Å². The fourth-order valence-corrected chi connectivity index (χ4v) is 1.82. The molecule has 0 saturated carbocycles. The van der Waals surface area contributed by atoms with Gasteiger partial charge >= 0.3 is 0 Å². The summed E-state index contributed by atoms with van der Waals surface area (Å²) in [5, 5.41) is 2.86. The molecule has 0 aliphatic carbocycles. The molecule has 0 fully saturated rings. The zero-order valence-electron chi connectivity index (χ0n) is 12.5. The molecule has 0 aliphatic rings. The van der Waals surface area contributed by atoms with Crippen LogP contribution in [0.1, 0.15) is 40.2 Å². The van der Waals surface area contributed by atoms with E-state index >= 15 is 0 Å². The van der Waals surface area contributed by atoms with Gasteiger partial charge in [-0.3, -0.25) is 4.79 Å². The maximum atomic E-state index is 11.9. The number of amides is 1. The lowest BCUT2D eigenvalue weighted by Gasteiger charge is -2.23. The number of hydrogen-bond acceptors (Lipinski definition) is 3. The van der Waals surface area contributed by atoms with Crippen molar-refractivity contribution in [2.24, 2.45) is 5.41 Å². The molecule has 1 N–H and O–H groups in total. The fourth-order valence-electron chi connectivity index (χ4n) is 1.82. The summed E-state index contributed by atoms with van der Waals surface area (Å²) in [6.45, 7) is 10.4. The third-order valence-electron chi connectivity index (χ3n) is 2.75. The van der Waals surface area contributed by atoms with E-state index in [2.05, 4.69) is 10.3 Å². The van der Waals surface area contributed by atoms with Gasteiger partial charge in [0.1, 0.15) is 0 Å². The first-order valence-electron chi connectivity index (χ1n) is 6.75. The van der Waals surface area contributed by atoms with Crippen molar-refractivity contribution in [1.29, 1.82) is 0 Å². The summed E-state index contributed by atoms with van der Waals surface area (Å²) in [7, 11) is 0. The Kier molecular flexibility index (Phi) is 5.33. The highest BCUT2D eigenvalue weighted by Gasteiger charge is 2.27. The third-order valence-corrected chi connectivity index (χ3v) is 2.75. The van der Waals surface area contributed by atoms with E-state index in [0.717, 1.165) is 5.56 Å². The van der Waals surface area contributed by atoms with Gasteiger partial charge in [-0.2, -0.15) is 0 Å². The molecule has 0 bridgehead atoms. The molecule has 106 valence electrons. The molecule has 1 aromatic heterocycles. The molecular weight excluding hydrogens is 240 g/mol. The smallest absolute Gasteiger partial charge is 0.225 e. The SMILES string of the molecule is CCNC(=O)C(C)(C)Cc1ccc(OC(C)C)nc1. The van der Waals surface area contributed by atoms with E-state index in [1.165, 1.54) is 0 Å². The molecule has 4 heteroatoms. The molecular formula is C15H24N2O2. The van der Waals surface area contributed by atoms with Crippen LogP contribution in [0.4, 0.5) is 0 Å². The van der Waals surface area contributed by atoms with E-state index in [0.29, 0.717) is 18.8 Å². The largest absolute Gasteiger partial charge is 0.475 e. The summed E-state index contributed by atoms with van der Waals surface area (Å²) in [5.74, 6) is 0.687. The number of carbonyl (C=O) groups excluding carboxylic acids is 1. The lowest BCUT2D eigenvalue weighted by atomic mass is 9.85. The Hall–Kier alpha value is -1.58. The standard InChI is InChI=1S/C15H24N2O2/c1-6-16-14(18)15(4,5)9-12-7-8-13(17-10-12)19-11(2)3/h7-8,10-11H,6,9H2,1-5H3,(H,16,18). The van der Waals surface area contributed by atoms with E-state index in [1.54, 1.807) is 6.20 Å². The highest BCUT2D eigenvalue weighted by molar-refractivity contribution is 5.82. The minimum Gasteiger partial charge on any atom is -0.475 e. The van der Waals surface area contributed by atoms with E-state index in [1.807, 2.05) is 46.8 Å². The molecule has 0 unspecified atom stereocenters. The fraction of sp³-hybridized carbons (Fsp3) is 0.600. The van der Waals surface area contributed by atoms with Crippen molar-refractivity contribution in [3.8, 4) is 5.88 Å². The lowest BCUT2D eigenvalue weighted by Crippen LogP contribution is -2.38. The summed E-state index contributed by atoms with van der Waals surface area (Å²) in [6.07, 6.45) is 2.55. The second-order valence-electron chi connectivity index (χ2n) is 5.59. The summed E-state index contributed by atoms with van der Waals surface area (Å²) < 4.78 is 5.49. The normalized spacial score (nSPS) is 11.5. The van der Waals surface area contributed by atoms with Gasteiger partial charge in [-0.15, -0.1) is 0 Å². The van der Waals surface area contributed by atoms with Crippen molar-refractivity contribution in [3.63, 3.8) is 0 Å². The molecule has 0 spiro atoms. The predicted molar refractivity (Wildman–Crippen MR) is 76.2 cm³/mol. The Bertz CT molecular complexity index is 411. The van der Waals surface area contributed by atoms with Crippen LogP contribution in [0.3, 0.4) is 0 Å². The topological polar surface area (TPSA) is 51.2 Å². The van der Waals surface area contributed by atoms with Crippen molar-refractivity contribution in [1.82, 2.24) is 10.3 Å². The molecule has 1 aromatic rings. The van der Waals surface area contributed by atoms with E-state index in [4.69, 9.17) is 4.74 Å². The van der Waals surface area contributed by atoms with Gasteiger partial charge < -0.3 is 10.1 Å². The summed E-state index contributed by atoms with van der Waals surface area (Å²) in [4.78, 5) is 16.2. The van der Waals surface area contributed by atoms with Crippen LogP contribution in [0.25, 0.3) is 0 Å². The molecule has 0 radical (unpaired) electrons. The van der Waals surface area contributed by atoms with Crippen molar-refractivity contribution >= 4 is 5.91 Å². The monoisotopic (exact) mass is 264 g/mol. The van der Waals surface area contributed by atoms with Crippen LogP contribution >= 0.6 is 0 Å².